The van der Waals surface area contributed by atoms with Crippen LogP contribution in [-0.2, 0) is 26.1 Å². The van der Waals surface area contributed by atoms with Crippen LogP contribution in [0.4, 0.5) is 0 Å². The van der Waals surface area contributed by atoms with E-state index in [4.69, 9.17) is 14.0 Å². The van der Waals surface area contributed by atoms with Crippen LogP contribution >= 0.6 is 11.3 Å². The number of aryl methyl sites for hydroxylation is 3. The summed E-state index contributed by atoms with van der Waals surface area (Å²) in [6.45, 7) is 7.81. The normalized spacial score (nSPS) is 11.0. The van der Waals surface area contributed by atoms with Crippen LogP contribution in [-0.4, -0.2) is 17.3 Å². The van der Waals surface area contributed by atoms with E-state index >= 15 is 0 Å². The number of benzene rings is 1. The Morgan fingerprint density at radius 3 is 2.70 bits per heavy atom. The monoisotopic (exact) mass is 387 g/mol. The molecule has 0 saturated carbocycles. The number of hydrogen-bond donors (Lipinski definition) is 1. The lowest BCUT2D eigenvalue weighted by molar-refractivity contribution is 0.281. The topological polar surface area (TPSA) is 69.4 Å². The molecule has 144 valence electrons. The maximum Gasteiger partial charge on any atom is 0.161 e. The number of nitrogens with one attached hydrogen (secondary N) is 1. The summed E-state index contributed by atoms with van der Waals surface area (Å²) in [5.41, 5.74) is 4.03. The highest BCUT2D eigenvalue weighted by molar-refractivity contribution is 7.09. The van der Waals surface area contributed by atoms with E-state index < -0.39 is 0 Å². The zero-order valence-corrected chi connectivity index (χ0v) is 17.0. The predicted octanol–water partition coefficient (Wildman–Crippen LogP) is 4.19. The van der Waals surface area contributed by atoms with Crippen LogP contribution in [0.2, 0.25) is 0 Å². The Balaban J connectivity index is 1.58. The summed E-state index contributed by atoms with van der Waals surface area (Å²) in [6.07, 6.45) is 0.983. The second kappa shape index (κ2) is 9.01. The Hall–Kier alpha value is -2.38. The number of hydrogen-bond acceptors (Lipinski definition) is 7. The third-order valence-electron chi connectivity index (χ3n) is 4.32. The van der Waals surface area contributed by atoms with E-state index in [-0.39, 0.29) is 0 Å². The molecule has 0 amide bonds. The number of methoxy groups -OCH3 is 1. The SMILES string of the molecule is CCc1nc(CNCc2ccc(OCc3c(C)noc3C)c(OC)c2)cs1. The molecule has 7 heteroatoms. The molecule has 2 heterocycles. The fraction of sp³-hybridized carbons (Fsp3) is 0.400. The van der Waals surface area contributed by atoms with E-state index in [0.29, 0.717) is 18.1 Å². The van der Waals surface area contributed by atoms with Gasteiger partial charge in [-0.3, -0.25) is 0 Å². The maximum atomic E-state index is 5.92. The van der Waals surface area contributed by atoms with Crippen LogP contribution in [0, 0.1) is 13.8 Å². The summed E-state index contributed by atoms with van der Waals surface area (Å²) in [7, 11) is 1.65. The van der Waals surface area contributed by atoms with Gasteiger partial charge in [-0.15, -0.1) is 11.3 Å². The second-order valence-electron chi connectivity index (χ2n) is 6.27. The van der Waals surface area contributed by atoms with Gasteiger partial charge in [-0.05, 0) is 38.0 Å². The zero-order chi connectivity index (χ0) is 19.2. The van der Waals surface area contributed by atoms with E-state index in [2.05, 4.69) is 27.8 Å². The molecule has 6 nitrogen and oxygen atoms in total. The fourth-order valence-electron chi connectivity index (χ4n) is 2.73. The van der Waals surface area contributed by atoms with Gasteiger partial charge in [-0.25, -0.2) is 4.98 Å². The van der Waals surface area contributed by atoms with Gasteiger partial charge < -0.3 is 19.3 Å². The summed E-state index contributed by atoms with van der Waals surface area (Å²) in [4.78, 5) is 4.57. The van der Waals surface area contributed by atoms with Gasteiger partial charge in [-0.2, -0.15) is 0 Å². The molecule has 0 bridgehead atoms. The van der Waals surface area contributed by atoms with Gasteiger partial charge in [0.1, 0.15) is 12.4 Å². The molecule has 0 aliphatic rings. The van der Waals surface area contributed by atoms with Gasteiger partial charge in [0, 0.05) is 18.5 Å². The molecule has 2 aromatic heterocycles. The van der Waals surface area contributed by atoms with Gasteiger partial charge in [0.05, 0.1) is 29.1 Å². The van der Waals surface area contributed by atoms with Crippen LogP contribution in [0.25, 0.3) is 0 Å². The number of thiazole rings is 1. The van der Waals surface area contributed by atoms with E-state index in [1.54, 1.807) is 18.4 Å². The van der Waals surface area contributed by atoms with Crippen LogP contribution in [0.15, 0.2) is 28.1 Å². The number of ether oxygens (including phenoxy) is 2. The average molecular weight is 388 g/mol. The molecule has 0 radical (unpaired) electrons. The molecular formula is C20H25N3O3S. The molecule has 0 spiro atoms. The minimum absolute atomic E-state index is 0.401. The molecule has 0 atom stereocenters. The number of rotatable bonds is 9. The number of nitrogens with zero attached hydrogens (tertiary/aromatic N) is 2. The van der Waals surface area contributed by atoms with Crippen LogP contribution in [0.1, 0.15) is 40.2 Å². The number of aromatic nitrogens is 2. The van der Waals surface area contributed by atoms with Crippen molar-refractivity contribution in [1.29, 1.82) is 0 Å². The lowest BCUT2D eigenvalue weighted by atomic mass is 10.2. The molecule has 0 fully saturated rings. The summed E-state index contributed by atoms with van der Waals surface area (Å²) >= 11 is 1.71. The van der Waals surface area contributed by atoms with Gasteiger partial charge in [0.25, 0.3) is 0 Å². The smallest absolute Gasteiger partial charge is 0.161 e. The molecule has 27 heavy (non-hydrogen) atoms. The molecular weight excluding hydrogens is 362 g/mol. The van der Waals surface area contributed by atoms with Crippen molar-refractivity contribution in [2.24, 2.45) is 0 Å². The highest BCUT2D eigenvalue weighted by Crippen LogP contribution is 2.29. The standard InChI is InChI=1S/C20H25N3O3S/c1-5-20-22-16(12-27-20)10-21-9-15-6-7-18(19(8-15)24-4)25-11-17-13(2)23-26-14(17)3/h6-8,12,21H,5,9-11H2,1-4H3. The minimum Gasteiger partial charge on any atom is -0.493 e. The molecule has 3 rings (SSSR count). The van der Waals surface area contributed by atoms with Crippen molar-refractivity contribution in [2.75, 3.05) is 7.11 Å². The van der Waals surface area contributed by atoms with Crippen molar-refractivity contribution >= 4 is 11.3 Å². The second-order valence-corrected chi connectivity index (χ2v) is 7.21. The Labute approximate surface area is 163 Å². The first-order valence-electron chi connectivity index (χ1n) is 8.96. The summed E-state index contributed by atoms with van der Waals surface area (Å²) in [5, 5.41) is 10.7. The summed E-state index contributed by atoms with van der Waals surface area (Å²) in [5.74, 6) is 2.19. The zero-order valence-electron chi connectivity index (χ0n) is 16.2. The lowest BCUT2D eigenvalue weighted by Gasteiger charge is -2.12. The Morgan fingerprint density at radius 1 is 1.19 bits per heavy atom. The van der Waals surface area contributed by atoms with E-state index in [1.807, 2.05) is 32.0 Å². The highest BCUT2D eigenvalue weighted by atomic mass is 32.1. The van der Waals surface area contributed by atoms with Crippen LogP contribution < -0.4 is 14.8 Å². The lowest BCUT2D eigenvalue weighted by Crippen LogP contribution is -2.13. The van der Waals surface area contributed by atoms with E-state index in [1.165, 1.54) is 5.01 Å². The van der Waals surface area contributed by atoms with Gasteiger partial charge in [-0.1, -0.05) is 18.1 Å². The highest BCUT2D eigenvalue weighted by Gasteiger charge is 2.12. The molecule has 0 aliphatic carbocycles. The van der Waals surface area contributed by atoms with Crippen molar-refractivity contribution in [2.45, 2.75) is 46.9 Å². The Bertz CT molecular complexity index is 869. The quantitative estimate of drug-likeness (QED) is 0.594. The molecule has 0 saturated heterocycles. The third kappa shape index (κ3) is 4.87. The van der Waals surface area contributed by atoms with Crippen LogP contribution in [0.3, 0.4) is 0 Å². The van der Waals surface area contributed by atoms with Crippen molar-refractivity contribution in [3.63, 3.8) is 0 Å². The first-order valence-corrected chi connectivity index (χ1v) is 9.84. The largest absolute Gasteiger partial charge is 0.493 e. The summed E-state index contributed by atoms with van der Waals surface area (Å²) < 4.78 is 16.6. The molecule has 0 unspecified atom stereocenters. The van der Waals surface area contributed by atoms with E-state index in [0.717, 1.165) is 47.8 Å². The Kier molecular flexibility index (Phi) is 6.47. The molecule has 3 aromatic rings. The summed E-state index contributed by atoms with van der Waals surface area (Å²) in [6, 6.07) is 5.97. The predicted molar refractivity (Wildman–Crippen MR) is 105 cm³/mol. The third-order valence-corrected chi connectivity index (χ3v) is 5.36. The van der Waals surface area contributed by atoms with Crippen molar-refractivity contribution in [1.82, 2.24) is 15.5 Å². The van der Waals surface area contributed by atoms with Gasteiger partial charge in [0.2, 0.25) is 0 Å². The van der Waals surface area contributed by atoms with Crippen molar-refractivity contribution < 1.29 is 14.0 Å². The average Bonchev–Trinajstić information content (AvgIpc) is 3.27. The van der Waals surface area contributed by atoms with E-state index in [9.17, 15) is 0 Å². The first kappa shape index (κ1) is 19.4. The van der Waals surface area contributed by atoms with Gasteiger partial charge in [0.15, 0.2) is 11.5 Å². The minimum atomic E-state index is 0.401. The molecule has 0 aliphatic heterocycles. The maximum absolute atomic E-state index is 5.92. The molecule has 1 aromatic carbocycles. The van der Waals surface area contributed by atoms with Crippen molar-refractivity contribution in [3.8, 4) is 11.5 Å². The van der Waals surface area contributed by atoms with Crippen LogP contribution in [0.5, 0.6) is 11.5 Å². The van der Waals surface area contributed by atoms with Gasteiger partial charge >= 0.3 is 0 Å². The first-order chi connectivity index (χ1) is 13.1. The molecule has 1 N–H and O–H groups in total. The van der Waals surface area contributed by atoms with Crippen molar-refractivity contribution in [3.05, 3.63) is 56.9 Å². The fourth-order valence-corrected chi connectivity index (χ4v) is 3.47. The Morgan fingerprint density at radius 2 is 2.04 bits per heavy atom.